The molecule has 4 N–H and O–H groups in total. The standard InChI is InChI=1S/C15H18N2O4/c1-15(2,3)21-14(20)17-8-4-5-10-9-11(13(18)19)6-7-12(10)16/h6-7,9H,8,16H2,1-3H3,(H,17,20)(H,18,19). The molecule has 0 fully saturated rings. The van der Waals surface area contributed by atoms with Crippen molar-refractivity contribution < 1.29 is 19.4 Å². The van der Waals surface area contributed by atoms with Gasteiger partial charge in [-0.3, -0.25) is 0 Å². The summed E-state index contributed by atoms with van der Waals surface area (Å²) in [6.07, 6.45) is -0.566. The van der Waals surface area contributed by atoms with Gasteiger partial charge in [-0.15, -0.1) is 0 Å². The van der Waals surface area contributed by atoms with Crippen molar-refractivity contribution in [1.82, 2.24) is 5.32 Å². The number of rotatable bonds is 2. The number of carboxylic acids is 1. The van der Waals surface area contributed by atoms with Crippen molar-refractivity contribution in [3.63, 3.8) is 0 Å². The predicted octanol–water partition coefficient (Wildman–Crippen LogP) is 1.84. The topological polar surface area (TPSA) is 102 Å². The van der Waals surface area contributed by atoms with Gasteiger partial charge in [0.1, 0.15) is 5.60 Å². The number of carboxylic acid groups (broad SMARTS) is 1. The highest BCUT2D eigenvalue weighted by Crippen LogP contribution is 2.12. The van der Waals surface area contributed by atoms with E-state index in [1.165, 1.54) is 18.2 Å². The molecule has 112 valence electrons. The summed E-state index contributed by atoms with van der Waals surface area (Å²) in [7, 11) is 0. The molecule has 0 spiro atoms. The molecular weight excluding hydrogens is 272 g/mol. The molecule has 0 aliphatic carbocycles. The zero-order valence-electron chi connectivity index (χ0n) is 12.2. The van der Waals surface area contributed by atoms with E-state index in [-0.39, 0.29) is 12.1 Å². The summed E-state index contributed by atoms with van der Waals surface area (Å²) >= 11 is 0. The minimum atomic E-state index is -1.05. The number of anilines is 1. The van der Waals surface area contributed by atoms with E-state index in [9.17, 15) is 9.59 Å². The van der Waals surface area contributed by atoms with Gasteiger partial charge in [0, 0.05) is 11.3 Å². The summed E-state index contributed by atoms with van der Waals surface area (Å²) < 4.78 is 5.04. The zero-order valence-corrected chi connectivity index (χ0v) is 12.2. The number of ether oxygens (including phenoxy) is 1. The lowest BCUT2D eigenvalue weighted by atomic mass is 10.1. The number of carbonyl (C=O) groups is 2. The molecule has 0 unspecified atom stereocenters. The molecule has 0 saturated carbocycles. The van der Waals surface area contributed by atoms with Crippen molar-refractivity contribution in [2.45, 2.75) is 26.4 Å². The zero-order chi connectivity index (χ0) is 16.0. The van der Waals surface area contributed by atoms with Crippen LogP contribution in [-0.2, 0) is 4.74 Å². The van der Waals surface area contributed by atoms with Crippen molar-refractivity contribution in [2.75, 3.05) is 12.3 Å². The number of hydrogen-bond acceptors (Lipinski definition) is 4. The second kappa shape index (κ2) is 6.66. The number of nitrogens with one attached hydrogen (secondary N) is 1. The number of amides is 1. The van der Waals surface area contributed by atoms with Crippen molar-refractivity contribution in [2.24, 2.45) is 0 Å². The first-order valence-electron chi connectivity index (χ1n) is 6.27. The van der Waals surface area contributed by atoms with E-state index in [0.717, 1.165) is 0 Å². The molecule has 1 amide bonds. The number of carbonyl (C=O) groups excluding carboxylic acids is 1. The highest BCUT2D eigenvalue weighted by Gasteiger charge is 2.15. The van der Waals surface area contributed by atoms with E-state index in [4.69, 9.17) is 15.6 Å². The maximum absolute atomic E-state index is 11.4. The van der Waals surface area contributed by atoms with E-state index in [1.54, 1.807) is 20.8 Å². The largest absolute Gasteiger partial charge is 0.478 e. The number of nitrogen functional groups attached to an aromatic ring is 1. The Morgan fingerprint density at radius 2 is 2.05 bits per heavy atom. The second-order valence-corrected chi connectivity index (χ2v) is 5.26. The molecule has 0 aliphatic heterocycles. The predicted molar refractivity (Wildman–Crippen MR) is 78.9 cm³/mol. The van der Waals surface area contributed by atoms with E-state index in [2.05, 4.69) is 17.2 Å². The lowest BCUT2D eigenvalue weighted by molar-refractivity contribution is 0.0534. The molecule has 21 heavy (non-hydrogen) atoms. The maximum Gasteiger partial charge on any atom is 0.408 e. The Bertz CT molecular complexity index is 606. The van der Waals surface area contributed by atoms with Crippen LogP contribution >= 0.6 is 0 Å². The molecular formula is C15H18N2O4. The Kier molecular flexibility index (Phi) is 5.19. The maximum atomic E-state index is 11.4. The third-order valence-electron chi connectivity index (χ3n) is 2.24. The normalized spacial score (nSPS) is 10.2. The summed E-state index contributed by atoms with van der Waals surface area (Å²) in [5.41, 5.74) is 6.02. The molecule has 0 radical (unpaired) electrons. The van der Waals surface area contributed by atoms with Crippen LogP contribution in [0.5, 0.6) is 0 Å². The van der Waals surface area contributed by atoms with Crippen LogP contribution in [0.15, 0.2) is 18.2 Å². The molecule has 1 rings (SSSR count). The van der Waals surface area contributed by atoms with Gasteiger partial charge in [-0.2, -0.15) is 0 Å². The SMILES string of the molecule is CC(C)(C)OC(=O)NCC#Cc1cc(C(=O)O)ccc1N. The fourth-order valence-corrected chi connectivity index (χ4v) is 1.37. The molecule has 6 heteroatoms. The highest BCUT2D eigenvalue weighted by molar-refractivity contribution is 5.89. The van der Waals surface area contributed by atoms with E-state index >= 15 is 0 Å². The van der Waals surface area contributed by atoms with Gasteiger partial charge in [0.2, 0.25) is 0 Å². The molecule has 1 aromatic rings. The molecule has 1 aromatic carbocycles. The van der Waals surface area contributed by atoms with Crippen LogP contribution in [0, 0.1) is 11.8 Å². The first-order valence-corrected chi connectivity index (χ1v) is 6.27. The first kappa shape index (κ1) is 16.4. The van der Waals surface area contributed by atoms with Crippen LogP contribution in [0.3, 0.4) is 0 Å². The van der Waals surface area contributed by atoms with Crippen LogP contribution in [0.2, 0.25) is 0 Å². The van der Waals surface area contributed by atoms with Crippen molar-refractivity contribution >= 4 is 17.7 Å². The quantitative estimate of drug-likeness (QED) is 0.570. The summed E-state index contributed by atoms with van der Waals surface area (Å²) in [4.78, 5) is 22.2. The Hall–Kier alpha value is -2.68. The van der Waals surface area contributed by atoms with Crippen molar-refractivity contribution in [1.29, 1.82) is 0 Å². The lowest BCUT2D eigenvalue weighted by Crippen LogP contribution is -2.32. The van der Waals surface area contributed by atoms with Crippen LogP contribution in [0.4, 0.5) is 10.5 Å². The second-order valence-electron chi connectivity index (χ2n) is 5.26. The minimum Gasteiger partial charge on any atom is -0.478 e. The van der Waals surface area contributed by atoms with Gasteiger partial charge in [-0.05, 0) is 39.0 Å². The molecule has 0 atom stereocenters. The van der Waals surface area contributed by atoms with Crippen molar-refractivity contribution in [3.05, 3.63) is 29.3 Å². The monoisotopic (exact) mass is 290 g/mol. The Morgan fingerprint density at radius 1 is 1.38 bits per heavy atom. The molecule has 0 aliphatic rings. The minimum absolute atomic E-state index is 0.0751. The van der Waals surface area contributed by atoms with Crippen LogP contribution in [0.25, 0.3) is 0 Å². The molecule has 0 bridgehead atoms. The van der Waals surface area contributed by atoms with Gasteiger partial charge >= 0.3 is 12.1 Å². The van der Waals surface area contributed by atoms with E-state index in [1.807, 2.05) is 0 Å². The van der Waals surface area contributed by atoms with Crippen LogP contribution in [0.1, 0.15) is 36.7 Å². The number of alkyl carbamates (subject to hydrolysis) is 1. The van der Waals surface area contributed by atoms with Gasteiger partial charge < -0.3 is 20.9 Å². The fraction of sp³-hybridized carbons (Fsp3) is 0.333. The van der Waals surface area contributed by atoms with Crippen LogP contribution < -0.4 is 11.1 Å². The number of benzene rings is 1. The van der Waals surface area contributed by atoms with Crippen LogP contribution in [-0.4, -0.2) is 29.3 Å². The number of nitrogens with two attached hydrogens (primary N) is 1. The number of hydrogen-bond donors (Lipinski definition) is 3. The Balaban J connectivity index is 2.65. The number of aromatic carboxylic acids is 1. The molecule has 0 heterocycles. The average Bonchev–Trinajstić information content (AvgIpc) is 2.34. The third kappa shape index (κ3) is 5.87. The van der Waals surface area contributed by atoms with E-state index in [0.29, 0.717) is 11.3 Å². The first-order chi connectivity index (χ1) is 9.69. The lowest BCUT2D eigenvalue weighted by Gasteiger charge is -2.19. The molecule has 6 nitrogen and oxygen atoms in total. The van der Waals surface area contributed by atoms with Gasteiger partial charge in [-0.1, -0.05) is 11.8 Å². The van der Waals surface area contributed by atoms with Gasteiger partial charge in [0.05, 0.1) is 12.1 Å². The van der Waals surface area contributed by atoms with Gasteiger partial charge in [-0.25, -0.2) is 9.59 Å². The summed E-state index contributed by atoms with van der Waals surface area (Å²) in [6, 6.07) is 4.27. The highest BCUT2D eigenvalue weighted by atomic mass is 16.6. The third-order valence-corrected chi connectivity index (χ3v) is 2.24. The Labute approximate surface area is 123 Å². The Morgan fingerprint density at radius 3 is 2.62 bits per heavy atom. The summed E-state index contributed by atoms with van der Waals surface area (Å²) in [6.45, 7) is 5.36. The van der Waals surface area contributed by atoms with E-state index < -0.39 is 17.7 Å². The average molecular weight is 290 g/mol. The van der Waals surface area contributed by atoms with Crippen molar-refractivity contribution in [3.8, 4) is 11.8 Å². The van der Waals surface area contributed by atoms with Gasteiger partial charge in [0.25, 0.3) is 0 Å². The summed E-state index contributed by atoms with van der Waals surface area (Å²) in [5, 5.41) is 11.4. The smallest absolute Gasteiger partial charge is 0.408 e. The molecule has 0 aromatic heterocycles. The molecule has 0 saturated heterocycles. The fourth-order valence-electron chi connectivity index (χ4n) is 1.37. The van der Waals surface area contributed by atoms with Gasteiger partial charge in [0.15, 0.2) is 0 Å². The summed E-state index contributed by atoms with van der Waals surface area (Å²) in [5.74, 6) is 4.36.